The molecular weight excluding hydrogens is 369 g/mol. The van der Waals surface area contributed by atoms with Gasteiger partial charge in [-0.1, -0.05) is 0 Å². The number of hydrogen-bond donors (Lipinski definition) is 2. The number of halogens is 1. The molecule has 0 spiro atoms. The maximum absolute atomic E-state index is 14.7. The van der Waals surface area contributed by atoms with E-state index >= 15 is 0 Å². The molecule has 0 aromatic heterocycles. The normalized spacial score (nSPS) is 19.6. The number of anilines is 2. The van der Waals surface area contributed by atoms with Crippen molar-refractivity contribution in [2.75, 3.05) is 55.6 Å². The number of nitrogens with two attached hydrogens (primary N) is 1. The second-order valence-corrected chi connectivity index (χ2v) is 6.76. The molecule has 0 unspecified atom stereocenters. The highest BCUT2D eigenvalue weighted by atomic mass is 19.1. The van der Waals surface area contributed by atoms with E-state index in [1.165, 1.54) is 17.9 Å². The number of hydrogen-bond acceptors (Lipinski definition) is 6. The smallest absolute Gasteiger partial charge is 0.414 e. The third-order valence-corrected chi connectivity index (χ3v) is 4.84. The van der Waals surface area contributed by atoms with E-state index in [0.29, 0.717) is 37.6 Å². The monoisotopic (exact) mass is 393 g/mol. The molecule has 9 nitrogen and oxygen atoms in total. The fraction of sp³-hybridized carbons (Fsp3) is 0.500. The number of ether oxygens (including phenoxy) is 1. The molecule has 2 saturated heterocycles. The summed E-state index contributed by atoms with van der Waals surface area (Å²) in [6, 6.07) is 4.59. The highest BCUT2D eigenvalue weighted by Crippen LogP contribution is 2.28. The minimum absolute atomic E-state index is 0.0298. The lowest BCUT2D eigenvalue weighted by atomic mass is 10.2. The summed E-state index contributed by atoms with van der Waals surface area (Å²) < 4.78 is 19.9. The summed E-state index contributed by atoms with van der Waals surface area (Å²) in [7, 11) is 0. The van der Waals surface area contributed by atoms with Gasteiger partial charge in [-0.2, -0.15) is 0 Å². The van der Waals surface area contributed by atoms with Gasteiger partial charge in [0.15, 0.2) is 0 Å². The number of piperazine rings is 1. The summed E-state index contributed by atoms with van der Waals surface area (Å²) in [6.45, 7) is 3.79. The zero-order chi connectivity index (χ0) is 20.3. The van der Waals surface area contributed by atoms with E-state index < -0.39 is 18.0 Å². The van der Waals surface area contributed by atoms with Crippen LogP contribution in [0.2, 0.25) is 0 Å². The van der Waals surface area contributed by atoms with Crippen molar-refractivity contribution in [2.24, 2.45) is 5.73 Å². The lowest BCUT2D eigenvalue weighted by Gasteiger charge is -2.36. The molecule has 0 saturated carbocycles. The SMILES string of the molecule is CC(=O)NC[C@H]1CN(c2ccc(N3CCN(C(=O)CN)CC3)c(F)c2)C(=O)O1. The van der Waals surface area contributed by atoms with Crippen molar-refractivity contribution >= 4 is 29.3 Å². The average molecular weight is 393 g/mol. The van der Waals surface area contributed by atoms with Crippen molar-refractivity contribution in [3.8, 4) is 0 Å². The van der Waals surface area contributed by atoms with E-state index in [2.05, 4.69) is 5.32 Å². The first-order valence-electron chi connectivity index (χ1n) is 9.14. The largest absolute Gasteiger partial charge is 0.442 e. The highest BCUT2D eigenvalue weighted by Gasteiger charge is 2.33. The minimum Gasteiger partial charge on any atom is -0.442 e. The molecule has 2 aliphatic rings. The van der Waals surface area contributed by atoms with E-state index in [4.69, 9.17) is 10.5 Å². The summed E-state index contributed by atoms with van der Waals surface area (Å²) in [5.41, 5.74) is 6.19. The van der Waals surface area contributed by atoms with Crippen LogP contribution in [-0.2, 0) is 14.3 Å². The number of rotatable bonds is 5. The number of carbonyl (C=O) groups excluding carboxylic acids is 3. The Morgan fingerprint density at radius 2 is 2.00 bits per heavy atom. The topological polar surface area (TPSA) is 108 Å². The second kappa shape index (κ2) is 8.42. The molecule has 10 heteroatoms. The van der Waals surface area contributed by atoms with Crippen LogP contribution < -0.4 is 20.9 Å². The van der Waals surface area contributed by atoms with Crippen molar-refractivity contribution in [3.63, 3.8) is 0 Å². The number of carbonyl (C=O) groups is 3. The summed E-state index contributed by atoms with van der Waals surface area (Å²) in [5.74, 6) is -0.774. The highest BCUT2D eigenvalue weighted by molar-refractivity contribution is 5.90. The van der Waals surface area contributed by atoms with Gasteiger partial charge in [-0.15, -0.1) is 0 Å². The van der Waals surface area contributed by atoms with Gasteiger partial charge in [0.25, 0.3) is 0 Å². The Morgan fingerprint density at radius 1 is 1.29 bits per heavy atom. The Balaban J connectivity index is 1.64. The van der Waals surface area contributed by atoms with Gasteiger partial charge in [-0.05, 0) is 18.2 Å². The Labute approximate surface area is 162 Å². The van der Waals surface area contributed by atoms with Crippen LogP contribution in [0.25, 0.3) is 0 Å². The van der Waals surface area contributed by atoms with Crippen LogP contribution in [0.5, 0.6) is 0 Å². The van der Waals surface area contributed by atoms with Gasteiger partial charge in [0, 0.05) is 33.1 Å². The Kier molecular flexibility index (Phi) is 5.98. The van der Waals surface area contributed by atoms with Gasteiger partial charge in [0.05, 0.1) is 31.0 Å². The third kappa shape index (κ3) is 4.33. The lowest BCUT2D eigenvalue weighted by Crippen LogP contribution is -2.50. The Morgan fingerprint density at radius 3 is 2.61 bits per heavy atom. The first kappa shape index (κ1) is 19.9. The molecular formula is C18H24FN5O4. The van der Waals surface area contributed by atoms with Gasteiger partial charge >= 0.3 is 6.09 Å². The quantitative estimate of drug-likeness (QED) is 0.723. The van der Waals surface area contributed by atoms with E-state index in [1.54, 1.807) is 17.0 Å². The van der Waals surface area contributed by atoms with Crippen LogP contribution >= 0.6 is 0 Å². The van der Waals surface area contributed by atoms with Crippen molar-refractivity contribution in [1.82, 2.24) is 10.2 Å². The molecule has 2 aliphatic heterocycles. The standard InChI is InChI=1S/C18H24FN5O4/c1-12(25)21-10-14-11-24(18(27)28-14)13-2-3-16(15(19)8-13)22-4-6-23(7-5-22)17(26)9-20/h2-3,8,14H,4-7,9-11,20H2,1H3,(H,21,25)/t14-/m0/s1. The van der Waals surface area contributed by atoms with Crippen LogP contribution in [-0.4, -0.2) is 74.7 Å². The zero-order valence-corrected chi connectivity index (χ0v) is 15.7. The van der Waals surface area contributed by atoms with Gasteiger partial charge in [-0.25, -0.2) is 9.18 Å². The summed E-state index contributed by atoms with van der Waals surface area (Å²) in [5, 5.41) is 2.60. The number of nitrogens with zero attached hydrogens (tertiary/aromatic N) is 3. The Bertz CT molecular complexity index is 766. The number of amides is 3. The molecule has 28 heavy (non-hydrogen) atoms. The van der Waals surface area contributed by atoms with Crippen LogP contribution in [0, 0.1) is 5.82 Å². The van der Waals surface area contributed by atoms with Crippen LogP contribution in [0.15, 0.2) is 18.2 Å². The van der Waals surface area contributed by atoms with E-state index in [0.717, 1.165) is 0 Å². The molecule has 152 valence electrons. The van der Waals surface area contributed by atoms with Crippen LogP contribution in [0.1, 0.15) is 6.92 Å². The van der Waals surface area contributed by atoms with Gasteiger partial charge in [0.1, 0.15) is 11.9 Å². The van der Waals surface area contributed by atoms with E-state index in [9.17, 15) is 18.8 Å². The molecule has 2 heterocycles. The summed E-state index contributed by atoms with van der Waals surface area (Å²) >= 11 is 0. The summed E-state index contributed by atoms with van der Waals surface area (Å²) in [6.07, 6.45) is -1.05. The molecule has 3 amide bonds. The second-order valence-electron chi connectivity index (χ2n) is 6.76. The van der Waals surface area contributed by atoms with Gasteiger partial charge in [0.2, 0.25) is 11.8 Å². The number of benzene rings is 1. The zero-order valence-electron chi connectivity index (χ0n) is 15.7. The molecule has 3 N–H and O–H groups in total. The average Bonchev–Trinajstić information content (AvgIpc) is 3.06. The van der Waals surface area contributed by atoms with Crippen molar-refractivity contribution in [3.05, 3.63) is 24.0 Å². The first-order chi connectivity index (χ1) is 13.4. The Hall–Kier alpha value is -2.88. The van der Waals surface area contributed by atoms with Crippen molar-refractivity contribution in [2.45, 2.75) is 13.0 Å². The fourth-order valence-corrected chi connectivity index (χ4v) is 3.34. The third-order valence-electron chi connectivity index (χ3n) is 4.84. The predicted molar refractivity (Wildman–Crippen MR) is 101 cm³/mol. The molecule has 0 radical (unpaired) electrons. The maximum atomic E-state index is 14.7. The van der Waals surface area contributed by atoms with Crippen molar-refractivity contribution in [1.29, 1.82) is 0 Å². The lowest BCUT2D eigenvalue weighted by molar-refractivity contribution is -0.130. The first-order valence-corrected chi connectivity index (χ1v) is 9.14. The van der Waals surface area contributed by atoms with Crippen molar-refractivity contribution < 1.29 is 23.5 Å². The maximum Gasteiger partial charge on any atom is 0.414 e. The molecule has 0 bridgehead atoms. The number of cyclic esters (lactones) is 1. The number of nitrogens with one attached hydrogen (secondary N) is 1. The van der Waals surface area contributed by atoms with Gasteiger partial charge < -0.3 is 25.6 Å². The van der Waals surface area contributed by atoms with Gasteiger partial charge in [-0.3, -0.25) is 14.5 Å². The molecule has 1 aromatic carbocycles. The molecule has 2 fully saturated rings. The molecule has 1 atom stereocenters. The molecule has 1 aromatic rings. The minimum atomic E-state index is -0.573. The van der Waals surface area contributed by atoms with Crippen LogP contribution in [0.4, 0.5) is 20.6 Å². The van der Waals surface area contributed by atoms with E-state index in [-0.39, 0.29) is 31.4 Å². The van der Waals surface area contributed by atoms with E-state index in [1.807, 2.05) is 4.90 Å². The molecule has 3 rings (SSSR count). The fourth-order valence-electron chi connectivity index (χ4n) is 3.34. The summed E-state index contributed by atoms with van der Waals surface area (Å²) in [4.78, 5) is 39.6. The predicted octanol–water partition coefficient (Wildman–Crippen LogP) is -0.106. The van der Waals surface area contributed by atoms with Crippen LogP contribution in [0.3, 0.4) is 0 Å². The molecule has 0 aliphatic carbocycles.